The largest absolute Gasteiger partial charge is 0.504 e. The maximum atomic E-state index is 11.9. The summed E-state index contributed by atoms with van der Waals surface area (Å²) in [6.07, 6.45) is 2.78. The van der Waals surface area contributed by atoms with Crippen molar-refractivity contribution in [1.82, 2.24) is 5.32 Å². The van der Waals surface area contributed by atoms with Gasteiger partial charge >= 0.3 is 5.97 Å². The topological polar surface area (TPSA) is 129 Å². The number of carboxylic acids is 1. The van der Waals surface area contributed by atoms with Crippen LogP contribution in [-0.2, 0) is 9.59 Å². The first-order valence-corrected chi connectivity index (χ1v) is 8.64. The summed E-state index contributed by atoms with van der Waals surface area (Å²) in [5.74, 6) is -1.29. The zero-order valence-corrected chi connectivity index (χ0v) is 15.7. The molecule has 29 heavy (non-hydrogen) atoms. The fourth-order valence-corrected chi connectivity index (χ4v) is 2.73. The lowest BCUT2D eigenvalue weighted by atomic mass is 10.1. The van der Waals surface area contributed by atoms with Gasteiger partial charge in [-0.05, 0) is 48.9 Å². The number of hydrogen-bond donors (Lipinski definition) is 4. The zero-order valence-electron chi connectivity index (χ0n) is 15.7. The molecule has 0 spiro atoms. The molecule has 1 amide bonds. The summed E-state index contributed by atoms with van der Waals surface area (Å²) in [5.41, 5.74) is 1.63. The van der Waals surface area contributed by atoms with Gasteiger partial charge in [0.25, 0.3) is 0 Å². The van der Waals surface area contributed by atoms with E-state index in [1.54, 1.807) is 30.3 Å². The Morgan fingerprint density at radius 2 is 1.90 bits per heavy atom. The number of methoxy groups -OCH3 is 1. The molecular weight excluding hydrogens is 378 g/mol. The summed E-state index contributed by atoms with van der Waals surface area (Å²) in [7, 11) is 1.50. The second-order valence-electron chi connectivity index (χ2n) is 6.32. The van der Waals surface area contributed by atoms with Crippen molar-refractivity contribution < 1.29 is 34.1 Å². The molecule has 0 radical (unpaired) electrons. The highest BCUT2D eigenvalue weighted by atomic mass is 16.5. The summed E-state index contributed by atoms with van der Waals surface area (Å²) < 4.78 is 11.2. The molecule has 0 aliphatic heterocycles. The van der Waals surface area contributed by atoms with E-state index in [0.29, 0.717) is 33.6 Å². The molecule has 0 fully saturated rings. The lowest BCUT2D eigenvalue weighted by molar-refractivity contribution is -0.140. The van der Waals surface area contributed by atoms with Gasteiger partial charge in [0.05, 0.1) is 7.11 Å². The van der Waals surface area contributed by atoms with E-state index >= 15 is 0 Å². The smallest absolute Gasteiger partial charge is 0.325 e. The van der Waals surface area contributed by atoms with Crippen LogP contribution in [0.15, 0.2) is 46.9 Å². The predicted molar refractivity (Wildman–Crippen MR) is 106 cm³/mol. The third-order valence-electron chi connectivity index (χ3n) is 4.30. The molecule has 0 saturated carbocycles. The van der Waals surface area contributed by atoms with Crippen molar-refractivity contribution in [2.45, 2.75) is 13.0 Å². The number of phenols is 2. The number of fused-ring (bicyclic) bond motifs is 1. The standard InChI is InChI=1S/C21H19NO7/c1-11(21(26)27)22-19(25)8-5-12-4-7-17(28-2)20-14(12)10-18(29-20)13-3-6-15(23)16(24)9-13/h3-11,23-24H,1-2H3,(H,22,25)(H,26,27)/b8-5+/t11-/m0/s1. The molecule has 3 rings (SSSR count). The number of ether oxygens (including phenoxy) is 1. The van der Waals surface area contributed by atoms with Gasteiger partial charge in [0.2, 0.25) is 5.91 Å². The minimum Gasteiger partial charge on any atom is -0.504 e. The molecule has 1 atom stereocenters. The van der Waals surface area contributed by atoms with E-state index in [2.05, 4.69) is 5.32 Å². The van der Waals surface area contributed by atoms with E-state index in [9.17, 15) is 19.8 Å². The molecule has 0 unspecified atom stereocenters. The molecule has 2 aromatic carbocycles. The van der Waals surface area contributed by atoms with E-state index in [1.807, 2.05) is 0 Å². The maximum Gasteiger partial charge on any atom is 0.325 e. The highest BCUT2D eigenvalue weighted by molar-refractivity contribution is 5.99. The van der Waals surface area contributed by atoms with Crippen LogP contribution in [-0.4, -0.2) is 40.3 Å². The number of aromatic hydroxyl groups is 2. The Hall–Kier alpha value is -3.94. The van der Waals surface area contributed by atoms with Crippen molar-refractivity contribution in [3.63, 3.8) is 0 Å². The molecule has 1 heterocycles. The molecule has 0 aliphatic carbocycles. The molecule has 4 N–H and O–H groups in total. The number of nitrogens with one attached hydrogen (secondary N) is 1. The molecule has 3 aromatic rings. The second-order valence-corrected chi connectivity index (χ2v) is 6.32. The highest BCUT2D eigenvalue weighted by Crippen LogP contribution is 2.38. The average Bonchev–Trinajstić information content (AvgIpc) is 3.13. The number of carbonyl (C=O) groups is 2. The quantitative estimate of drug-likeness (QED) is 0.371. The normalized spacial score (nSPS) is 12.2. The van der Waals surface area contributed by atoms with E-state index in [0.717, 1.165) is 0 Å². The molecule has 8 nitrogen and oxygen atoms in total. The number of benzene rings is 2. The molecule has 0 aliphatic rings. The van der Waals surface area contributed by atoms with Crippen LogP contribution in [0.3, 0.4) is 0 Å². The minimum atomic E-state index is -1.13. The van der Waals surface area contributed by atoms with Crippen molar-refractivity contribution in [3.05, 3.63) is 48.0 Å². The van der Waals surface area contributed by atoms with Gasteiger partial charge in [0, 0.05) is 17.0 Å². The fraction of sp³-hybridized carbons (Fsp3) is 0.143. The Balaban J connectivity index is 1.99. The van der Waals surface area contributed by atoms with Gasteiger partial charge in [-0.25, -0.2) is 0 Å². The predicted octanol–water partition coefficient (Wildman–Crippen LogP) is 3.12. The minimum absolute atomic E-state index is 0.243. The lowest BCUT2D eigenvalue weighted by Gasteiger charge is -2.06. The van der Waals surface area contributed by atoms with Crippen LogP contribution < -0.4 is 10.1 Å². The highest BCUT2D eigenvalue weighted by Gasteiger charge is 2.15. The van der Waals surface area contributed by atoms with E-state index in [4.69, 9.17) is 14.3 Å². The van der Waals surface area contributed by atoms with Gasteiger partial charge in [0.1, 0.15) is 11.8 Å². The lowest BCUT2D eigenvalue weighted by Crippen LogP contribution is -2.37. The third kappa shape index (κ3) is 4.16. The first-order valence-electron chi connectivity index (χ1n) is 8.64. The number of aliphatic carboxylic acids is 1. The summed E-state index contributed by atoms with van der Waals surface area (Å²) in [4.78, 5) is 22.8. The molecular formula is C21H19NO7. The van der Waals surface area contributed by atoms with Crippen molar-refractivity contribution >= 4 is 28.9 Å². The molecule has 0 saturated heterocycles. The van der Waals surface area contributed by atoms with E-state index in [-0.39, 0.29) is 11.5 Å². The van der Waals surface area contributed by atoms with E-state index < -0.39 is 17.9 Å². The van der Waals surface area contributed by atoms with Crippen LogP contribution in [0, 0.1) is 0 Å². The van der Waals surface area contributed by atoms with Crippen LogP contribution >= 0.6 is 0 Å². The van der Waals surface area contributed by atoms with E-state index in [1.165, 1.54) is 32.2 Å². The van der Waals surface area contributed by atoms with Crippen molar-refractivity contribution in [3.8, 4) is 28.6 Å². The number of amides is 1. The summed E-state index contributed by atoms with van der Waals surface area (Å²) in [5, 5.41) is 31.1. The number of rotatable bonds is 6. The van der Waals surface area contributed by atoms with Crippen LogP contribution in [0.4, 0.5) is 0 Å². The van der Waals surface area contributed by atoms with Crippen LogP contribution in [0.5, 0.6) is 17.2 Å². The number of carboxylic acid groups (broad SMARTS) is 1. The Kier molecular flexibility index (Phi) is 5.45. The molecule has 1 aromatic heterocycles. The van der Waals surface area contributed by atoms with Crippen molar-refractivity contribution in [1.29, 1.82) is 0 Å². The summed E-state index contributed by atoms with van der Waals surface area (Å²) >= 11 is 0. The van der Waals surface area contributed by atoms with Gasteiger partial charge in [0.15, 0.2) is 22.8 Å². The van der Waals surface area contributed by atoms with Gasteiger partial charge in [-0.3, -0.25) is 9.59 Å². The maximum absolute atomic E-state index is 11.9. The first-order chi connectivity index (χ1) is 13.8. The number of furan rings is 1. The van der Waals surface area contributed by atoms with Gasteiger partial charge in [-0.15, -0.1) is 0 Å². The first kappa shape index (κ1) is 19.8. The molecule has 0 bridgehead atoms. The van der Waals surface area contributed by atoms with Crippen molar-refractivity contribution in [2.75, 3.05) is 7.11 Å². The monoisotopic (exact) mass is 397 g/mol. The van der Waals surface area contributed by atoms with Gasteiger partial charge in [-0.1, -0.05) is 6.07 Å². The molecule has 150 valence electrons. The zero-order chi connectivity index (χ0) is 21.1. The number of phenolic OH excluding ortho intramolecular Hbond substituents is 2. The Bertz CT molecular complexity index is 1110. The van der Waals surface area contributed by atoms with Crippen molar-refractivity contribution in [2.24, 2.45) is 0 Å². The fourth-order valence-electron chi connectivity index (χ4n) is 2.73. The second kappa shape index (κ2) is 7.97. The SMILES string of the molecule is COc1ccc(/C=C/C(=O)N[C@@H](C)C(=O)O)c2cc(-c3ccc(O)c(O)c3)oc12. The summed E-state index contributed by atoms with van der Waals surface area (Å²) in [6, 6.07) is 8.45. The summed E-state index contributed by atoms with van der Waals surface area (Å²) in [6.45, 7) is 1.37. The Labute approximate surface area is 165 Å². The Morgan fingerprint density at radius 3 is 2.55 bits per heavy atom. The average molecular weight is 397 g/mol. The Morgan fingerprint density at radius 1 is 1.14 bits per heavy atom. The molecule has 8 heteroatoms. The van der Waals surface area contributed by atoms with Gasteiger partial charge in [-0.2, -0.15) is 0 Å². The van der Waals surface area contributed by atoms with Crippen LogP contribution in [0.1, 0.15) is 12.5 Å². The number of carbonyl (C=O) groups excluding carboxylic acids is 1. The van der Waals surface area contributed by atoms with Crippen LogP contribution in [0.2, 0.25) is 0 Å². The van der Waals surface area contributed by atoms with Crippen LogP contribution in [0.25, 0.3) is 28.4 Å². The number of hydrogen-bond acceptors (Lipinski definition) is 6. The third-order valence-corrected chi connectivity index (χ3v) is 4.30. The van der Waals surface area contributed by atoms with Gasteiger partial charge < -0.3 is 29.8 Å².